The zero-order chi connectivity index (χ0) is 16.8. The number of nitrogens with zero attached hydrogens (tertiary/aromatic N) is 4. The maximum atomic E-state index is 11.8. The Morgan fingerprint density at radius 1 is 1.26 bits per heavy atom. The van der Waals surface area contributed by atoms with Crippen LogP contribution >= 0.6 is 11.3 Å². The maximum Gasteiger partial charge on any atom is 0.323 e. The number of aromatic nitrogens is 3. The minimum Gasteiger partial charge on any atom is -0.331 e. The van der Waals surface area contributed by atoms with Crippen LogP contribution in [0.25, 0.3) is 10.6 Å². The zero-order valence-electron chi connectivity index (χ0n) is 14.1. The van der Waals surface area contributed by atoms with E-state index >= 15 is 0 Å². The molecule has 7 heteroatoms. The molecule has 0 bridgehead atoms. The molecule has 1 aliphatic carbocycles. The van der Waals surface area contributed by atoms with Gasteiger partial charge in [0.15, 0.2) is 5.13 Å². The summed E-state index contributed by atoms with van der Waals surface area (Å²) in [5.41, 5.74) is 3.03. The first-order valence-corrected chi connectivity index (χ1v) is 8.42. The van der Waals surface area contributed by atoms with Crippen molar-refractivity contribution in [3.05, 3.63) is 23.3 Å². The van der Waals surface area contributed by atoms with Gasteiger partial charge in [0.05, 0.1) is 16.3 Å². The Morgan fingerprint density at radius 2 is 2.00 bits per heavy atom. The highest BCUT2D eigenvalue weighted by molar-refractivity contribution is 7.19. The standard InChI is InChI=1S/C16H21N5OS/c1-16(2,3)13-17-8-9-6-7-10-12(11(9)19-13)23-14(18-10)20-15(22)21(4)5/h8H,6-7H2,1-5H3,(H,18,20,22). The fourth-order valence-electron chi connectivity index (χ4n) is 2.36. The predicted molar refractivity (Wildman–Crippen MR) is 92.0 cm³/mol. The van der Waals surface area contributed by atoms with E-state index in [0.717, 1.165) is 40.5 Å². The number of thiazole rings is 1. The monoisotopic (exact) mass is 331 g/mol. The van der Waals surface area contributed by atoms with Crippen LogP contribution < -0.4 is 5.32 Å². The van der Waals surface area contributed by atoms with Gasteiger partial charge in [-0.05, 0) is 18.4 Å². The molecule has 122 valence electrons. The van der Waals surface area contributed by atoms with Crippen molar-refractivity contribution in [1.82, 2.24) is 19.9 Å². The minimum atomic E-state index is -0.172. The number of fused-ring (bicyclic) bond motifs is 3. The highest BCUT2D eigenvalue weighted by Crippen LogP contribution is 2.39. The van der Waals surface area contributed by atoms with E-state index in [0.29, 0.717) is 5.13 Å². The van der Waals surface area contributed by atoms with Crippen molar-refractivity contribution in [2.24, 2.45) is 0 Å². The second-order valence-corrected chi connectivity index (χ2v) is 7.94. The molecule has 0 saturated carbocycles. The number of aryl methyl sites for hydroxylation is 2. The predicted octanol–water partition coefficient (Wildman–Crippen LogP) is 3.09. The van der Waals surface area contributed by atoms with Gasteiger partial charge in [-0.3, -0.25) is 5.32 Å². The SMILES string of the molecule is CN(C)C(=O)Nc1nc2c(s1)-c1nc(C(C)(C)C)ncc1CC2. The van der Waals surface area contributed by atoms with Gasteiger partial charge in [-0.1, -0.05) is 32.1 Å². The minimum absolute atomic E-state index is 0.0979. The number of amides is 2. The second kappa shape index (κ2) is 5.56. The molecule has 23 heavy (non-hydrogen) atoms. The molecule has 0 aliphatic heterocycles. The summed E-state index contributed by atoms with van der Waals surface area (Å²) in [7, 11) is 3.42. The molecule has 0 aromatic carbocycles. The van der Waals surface area contributed by atoms with Crippen molar-refractivity contribution in [3.8, 4) is 10.6 Å². The summed E-state index contributed by atoms with van der Waals surface area (Å²) in [4.78, 5) is 28.2. The van der Waals surface area contributed by atoms with E-state index in [1.165, 1.54) is 16.2 Å². The molecule has 2 aromatic rings. The Bertz CT molecular complexity index is 760. The molecule has 6 nitrogen and oxygen atoms in total. The van der Waals surface area contributed by atoms with E-state index in [2.05, 4.69) is 36.1 Å². The summed E-state index contributed by atoms with van der Waals surface area (Å²) in [5, 5.41) is 3.45. The van der Waals surface area contributed by atoms with Crippen LogP contribution in [0, 0.1) is 0 Å². The lowest BCUT2D eigenvalue weighted by Crippen LogP contribution is -2.27. The third-order valence-corrected chi connectivity index (χ3v) is 4.72. The molecule has 0 radical (unpaired) electrons. The molecule has 1 aliphatic rings. The Morgan fingerprint density at radius 3 is 2.65 bits per heavy atom. The summed E-state index contributed by atoms with van der Waals surface area (Å²) < 4.78 is 0. The van der Waals surface area contributed by atoms with Gasteiger partial charge in [-0.25, -0.2) is 19.7 Å². The van der Waals surface area contributed by atoms with Gasteiger partial charge in [0.2, 0.25) is 0 Å². The van der Waals surface area contributed by atoms with Crippen LogP contribution in [0.2, 0.25) is 0 Å². The van der Waals surface area contributed by atoms with Crippen molar-refractivity contribution >= 4 is 22.5 Å². The van der Waals surface area contributed by atoms with Crippen LogP contribution in [0.5, 0.6) is 0 Å². The van der Waals surface area contributed by atoms with Gasteiger partial charge in [-0.2, -0.15) is 0 Å². The van der Waals surface area contributed by atoms with Gasteiger partial charge < -0.3 is 4.90 Å². The van der Waals surface area contributed by atoms with E-state index in [1.807, 2.05) is 6.20 Å². The van der Waals surface area contributed by atoms with Crippen molar-refractivity contribution in [2.75, 3.05) is 19.4 Å². The van der Waals surface area contributed by atoms with Gasteiger partial charge in [0, 0.05) is 25.7 Å². The van der Waals surface area contributed by atoms with Crippen LogP contribution in [0.3, 0.4) is 0 Å². The highest BCUT2D eigenvalue weighted by atomic mass is 32.1. The average molecular weight is 331 g/mol. The summed E-state index contributed by atoms with van der Waals surface area (Å²) >= 11 is 1.48. The van der Waals surface area contributed by atoms with E-state index in [4.69, 9.17) is 4.98 Å². The van der Waals surface area contributed by atoms with Crippen molar-refractivity contribution < 1.29 is 4.79 Å². The number of nitrogens with one attached hydrogen (secondary N) is 1. The van der Waals surface area contributed by atoms with Crippen LogP contribution in [-0.2, 0) is 18.3 Å². The summed E-state index contributed by atoms with van der Waals surface area (Å²) in [5.74, 6) is 0.830. The quantitative estimate of drug-likeness (QED) is 0.871. The molecule has 1 N–H and O–H groups in total. The molecule has 0 fully saturated rings. The summed E-state index contributed by atoms with van der Waals surface area (Å²) in [6, 6.07) is -0.172. The van der Waals surface area contributed by atoms with Gasteiger partial charge in [0.25, 0.3) is 0 Å². The Hall–Kier alpha value is -2.02. The molecule has 2 amide bonds. The van der Waals surface area contributed by atoms with E-state index < -0.39 is 0 Å². The molecular formula is C16H21N5OS. The molecule has 0 spiro atoms. The topological polar surface area (TPSA) is 71.0 Å². The summed E-state index contributed by atoms with van der Waals surface area (Å²) in [6.45, 7) is 6.32. The smallest absolute Gasteiger partial charge is 0.323 e. The van der Waals surface area contributed by atoms with Crippen LogP contribution in [0.1, 0.15) is 37.9 Å². The van der Waals surface area contributed by atoms with Gasteiger partial charge >= 0.3 is 6.03 Å². The Labute approximate surface area is 140 Å². The molecule has 0 saturated heterocycles. The first-order valence-electron chi connectivity index (χ1n) is 7.60. The lowest BCUT2D eigenvalue weighted by atomic mass is 9.94. The number of urea groups is 1. The number of carbonyl (C=O) groups excluding carboxylic acids is 1. The molecule has 0 unspecified atom stereocenters. The number of rotatable bonds is 1. The van der Waals surface area contributed by atoms with E-state index in [-0.39, 0.29) is 11.4 Å². The fraction of sp³-hybridized carbons (Fsp3) is 0.500. The van der Waals surface area contributed by atoms with Crippen LogP contribution in [0.15, 0.2) is 6.20 Å². The number of carbonyl (C=O) groups is 1. The Balaban J connectivity index is 1.99. The third-order valence-electron chi connectivity index (χ3n) is 3.70. The fourth-order valence-corrected chi connectivity index (χ4v) is 3.39. The third kappa shape index (κ3) is 3.06. The van der Waals surface area contributed by atoms with Gasteiger partial charge in [0.1, 0.15) is 5.82 Å². The Kier molecular flexibility index (Phi) is 3.83. The van der Waals surface area contributed by atoms with Gasteiger partial charge in [-0.15, -0.1) is 0 Å². The highest BCUT2D eigenvalue weighted by Gasteiger charge is 2.26. The number of hydrogen-bond donors (Lipinski definition) is 1. The first-order chi connectivity index (χ1) is 10.8. The molecule has 0 atom stereocenters. The second-order valence-electron chi connectivity index (χ2n) is 6.94. The maximum absolute atomic E-state index is 11.8. The van der Waals surface area contributed by atoms with E-state index in [1.54, 1.807) is 14.1 Å². The molecule has 2 aromatic heterocycles. The van der Waals surface area contributed by atoms with E-state index in [9.17, 15) is 4.79 Å². The summed E-state index contributed by atoms with van der Waals surface area (Å²) in [6.07, 6.45) is 3.68. The van der Waals surface area contributed by atoms with Crippen molar-refractivity contribution in [2.45, 2.75) is 39.0 Å². The van der Waals surface area contributed by atoms with Crippen molar-refractivity contribution in [1.29, 1.82) is 0 Å². The lowest BCUT2D eigenvalue weighted by molar-refractivity contribution is 0.230. The number of anilines is 1. The molecule has 3 rings (SSSR count). The first kappa shape index (κ1) is 15.9. The van der Waals surface area contributed by atoms with Crippen molar-refractivity contribution in [3.63, 3.8) is 0 Å². The molecule has 2 heterocycles. The van der Waals surface area contributed by atoms with Crippen LogP contribution in [0.4, 0.5) is 9.93 Å². The number of hydrogen-bond acceptors (Lipinski definition) is 5. The largest absolute Gasteiger partial charge is 0.331 e. The zero-order valence-corrected chi connectivity index (χ0v) is 14.9. The average Bonchev–Trinajstić information content (AvgIpc) is 2.88. The lowest BCUT2D eigenvalue weighted by Gasteiger charge is -2.20. The molecular weight excluding hydrogens is 310 g/mol. The van der Waals surface area contributed by atoms with Crippen LogP contribution in [-0.4, -0.2) is 40.0 Å². The normalized spacial score (nSPS) is 13.3.